The monoisotopic (exact) mass is 256 g/mol. The van der Waals surface area contributed by atoms with Crippen molar-refractivity contribution < 1.29 is 14.7 Å². The lowest BCUT2D eigenvalue weighted by atomic mass is 10.0. The summed E-state index contributed by atoms with van der Waals surface area (Å²) < 4.78 is 0. The topological polar surface area (TPSA) is 83.6 Å². The highest BCUT2D eigenvalue weighted by Gasteiger charge is 2.31. The molecule has 5 nitrogen and oxygen atoms in total. The maximum atomic E-state index is 12.0. The molecule has 0 spiro atoms. The van der Waals surface area contributed by atoms with E-state index in [-0.39, 0.29) is 5.91 Å². The Balaban J connectivity index is 2.32. The molecule has 1 aliphatic heterocycles. The van der Waals surface area contributed by atoms with Crippen molar-refractivity contribution >= 4 is 11.9 Å². The number of unbranched alkanes of at least 4 members (excludes halogenated alkanes) is 3. The molecule has 1 aliphatic rings. The van der Waals surface area contributed by atoms with Crippen molar-refractivity contribution in [3.8, 4) is 0 Å². The van der Waals surface area contributed by atoms with Crippen molar-refractivity contribution in [3.63, 3.8) is 0 Å². The number of piperidine rings is 1. The summed E-state index contributed by atoms with van der Waals surface area (Å²) in [4.78, 5) is 24.6. The molecule has 0 saturated carbocycles. The van der Waals surface area contributed by atoms with Crippen LogP contribution in [-0.4, -0.2) is 41.0 Å². The van der Waals surface area contributed by atoms with Crippen LogP contribution in [0, 0.1) is 0 Å². The second-order valence-electron chi connectivity index (χ2n) is 4.89. The lowest BCUT2D eigenvalue weighted by molar-refractivity contribution is -0.152. The Labute approximate surface area is 108 Å². The summed E-state index contributed by atoms with van der Waals surface area (Å²) in [6, 6.07) is -0.602. The van der Waals surface area contributed by atoms with Crippen LogP contribution in [0.3, 0.4) is 0 Å². The first kappa shape index (κ1) is 15.0. The van der Waals surface area contributed by atoms with Crippen molar-refractivity contribution in [1.29, 1.82) is 0 Å². The van der Waals surface area contributed by atoms with Crippen molar-refractivity contribution in [2.75, 3.05) is 13.1 Å². The van der Waals surface area contributed by atoms with Gasteiger partial charge in [-0.25, -0.2) is 4.79 Å². The molecule has 1 amide bonds. The fourth-order valence-corrected chi connectivity index (χ4v) is 2.40. The van der Waals surface area contributed by atoms with E-state index in [1.54, 1.807) is 4.90 Å². The zero-order valence-corrected chi connectivity index (χ0v) is 10.9. The molecule has 1 fully saturated rings. The highest BCUT2D eigenvalue weighted by atomic mass is 16.4. The van der Waals surface area contributed by atoms with Gasteiger partial charge in [0.2, 0.25) is 5.91 Å². The molecule has 0 radical (unpaired) electrons. The molecule has 3 N–H and O–H groups in total. The van der Waals surface area contributed by atoms with Crippen LogP contribution in [0.2, 0.25) is 0 Å². The van der Waals surface area contributed by atoms with Crippen LogP contribution in [0.1, 0.15) is 51.4 Å². The Hall–Kier alpha value is -1.10. The number of amides is 1. The van der Waals surface area contributed by atoms with Gasteiger partial charge in [0.05, 0.1) is 0 Å². The SMILES string of the molecule is NCCCCCCC(=O)N1CCCCC1C(=O)O. The van der Waals surface area contributed by atoms with E-state index in [0.717, 1.165) is 38.5 Å². The number of carbonyl (C=O) groups excluding carboxylic acids is 1. The Morgan fingerprint density at radius 3 is 2.56 bits per heavy atom. The molecule has 1 atom stereocenters. The number of rotatable bonds is 7. The average molecular weight is 256 g/mol. The lowest BCUT2D eigenvalue weighted by Gasteiger charge is -2.33. The van der Waals surface area contributed by atoms with E-state index in [2.05, 4.69) is 0 Å². The molecule has 0 aliphatic carbocycles. The minimum absolute atomic E-state index is 0.00477. The molecular weight excluding hydrogens is 232 g/mol. The number of likely N-dealkylation sites (tertiary alicyclic amines) is 1. The van der Waals surface area contributed by atoms with E-state index in [1.807, 2.05) is 0 Å². The molecule has 18 heavy (non-hydrogen) atoms. The number of hydrogen-bond donors (Lipinski definition) is 2. The van der Waals surface area contributed by atoms with Crippen LogP contribution in [0.25, 0.3) is 0 Å². The molecule has 0 aromatic heterocycles. The maximum Gasteiger partial charge on any atom is 0.326 e. The Morgan fingerprint density at radius 1 is 1.17 bits per heavy atom. The van der Waals surface area contributed by atoms with E-state index >= 15 is 0 Å². The average Bonchev–Trinajstić information content (AvgIpc) is 2.38. The molecule has 1 unspecified atom stereocenters. The van der Waals surface area contributed by atoms with Crippen LogP contribution in [0.15, 0.2) is 0 Å². The molecule has 1 heterocycles. The minimum Gasteiger partial charge on any atom is -0.480 e. The van der Waals surface area contributed by atoms with Crippen LogP contribution < -0.4 is 5.73 Å². The van der Waals surface area contributed by atoms with Gasteiger partial charge in [-0.2, -0.15) is 0 Å². The van der Waals surface area contributed by atoms with Crippen LogP contribution in [-0.2, 0) is 9.59 Å². The summed E-state index contributed by atoms with van der Waals surface area (Å²) >= 11 is 0. The molecule has 1 saturated heterocycles. The van der Waals surface area contributed by atoms with Gasteiger partial charge < -0.3 is 15.7 Å². The van der Waals surface area contributed by atoms with Gasteiger partial charge in [0.15, 0.2) is 0 Å². The summed E-state index contributed by atoms with van der Waals surface area (Å²) in [5, 5.41) is 9.09. The van der Waals surface area contributed by atoms with E-state index in [0.29, 0.717) is 25.9 Å². The van der Waals surface area contributed by atoms with Crippen molar-refractivity contribution in [3.05, 3.63) is 0 Å². The van der Waals surface area contributed by atoms with E-state index in [4.69, 9.17) is 10.8 Å². The predicted molar refractivity (Wildman–Crippen MR) is 69.1 cm³/mol. The number of nitrogens with two attached hydrogens (primary N) is 1. The summed E-state index contributed by atoms with van der Waals surface area (Å²) in [5.41, 5.74) is 5.40. The third-order valence-electron chi connectivity index (χ3n) is 3.45. The van der Waals surface area contributed by atoms with Crippen LogP contribution >= 0.6 is 0 Å². The number of carboxylic acids is 1. The predicted octanol–water partition coefficient (Wildman–Crippen LogP) is 1.36. The van der Waals surface area contributed by atoms with Gasteiger partial charge in [-0.15, -0.1) is 0 Å². The standard InChI is InChI=1S/C13H24N2O3/c14-9-5-2-1-3-8-12(16)15-10-6-4-7-11(15)13(17)18/h11H,1-10,14H2,(H,17,18). The zero-order chi connectivity index (χ0) is 13.4. The summed E-state index contributed by atoms with van der Waals surface area (Å²) in [6.45, 7) is 1.29. The van der Waals surface area contributed by atoms with E-state index in [1.165, 1.54) is 0 Å². The number of hydrogen-bond acceptors (Lipinski definition) is 3. The second kappa shape index (κ2) is 8.08. The lowest BCUT2D eigenvalue weighted by Crippen LogP contribution is -2.47. The zero-order valence-electron chi connectivity index (χ0n) is 10.9. The highest BCUT2D eigenvalue weighted by Crippen LogP contribution is 2.19. The molecule has 1 rings (SSSR count). The van der Waals surface area contributed by atoms with Gasteiger partial charge in [-0.05, 0) is 38.6 Å². The Morgan fingerprint density at radius 2 is 1.89 bits per heavy atom. The first-order chi connectivity index (χ1) is 8.66. The van der Waals surface area contributed by atoms with E-state index in [9.17, 15) is 9.59 Å². The maximum absolute atomic E-state index is 12.0. The van der Waals surface area contributed by atoms with E-state index < -0.39 is 12.0 Å². The quantitative estimate of drug-likeness (QED) is 0.674. The highest BCUT2D eigenvalue weighted by molar-refractivity contribution is 5.83. The number of carbonyl (C=O) groups is 2. The van der Waals surface area contributed by atoms with Gasteiger partial charge >= 0.3 is 5.97 Å². The fourth-order valence-electron chi connectivity index (χ4n) is 2.40. The Kier molecular flexibility index (Phi) is 6.72. The minimum atomic E-state index is -0.869. The smallest absolute Gasteiger partial charge is 0.326 e. The molecule has 0 bridgehead atoms. The summed E-state index contributed by atoms with van der Waals surface area (Å²) in [7, 11) is 0. The molecular formula is C13H24N2O3. The number of nitrogens with zero attached hydrogens (tertiary/aromatic N) is 1. The molecule has 5 heteroatoms. The first-order valence-corrected chi connectivity index (χ1v) is 6.89. The second-order valence-corrected chi connectivity index (χ2v) is 4.89. The van der Waals surface area contributed by atoms with Crippen molar-refractivity contribution in [2.45, 2.75) is 57.4 Å². The van der Waals surface area contributed by atoms with Gasteiger partial charge in [-0.3, -0.25) is 4.79 Å². The molecule has 104 valence electrons. The van der Waals surface area contributed by atoms with Crippen molar-refractivity contribution in [2.24, 2.45) is 5.73 Å². The van der Waals surface area contributed by atoms with Gasteiger partial charge in [0.25, 0.3) is 0 Å². The molecule has 0 aromatic carbocycles. The van der Waals surface area contributed by atoms with Gasteiger partial charge in [0, 0.05) is 13.0 Å². The van der Waals surface area contributed by atoms with Crippen LogP contribution in [0.5, 0.6) is 0 Å². The first-order valence-electron chi connectivity index (χ1n) is 6.89. The third-order valence-corrected chi connectivity index (χ3v) is 3.45. The van der Waals surface area contributed by atoms with Gasteiger partial charge in [-0.1, -0.05) is 12.8 Å². The number of aliphatic carboxylic acids is 1. The third kappa shape index (κ3) is 4.64. The van der Waals surface area contributed by atoms with Gasteiger partial charge in [0.1, 0.15) is 6.04 Å². The Bertz CT molecular complexity index is 281. The largest absolute Gasteiger partial charge is 0.480 e. The summed E-state index contributed by atoms with van der Waals surface area (Å²) in [6.07, 6.45) is 6.75. The normalized spacial score (nSPS) is 19.8. The number of carboxylic acid groups (broad SMARTS) is 1. The van der Waals surface area contributed by atoms with Crippen LogP contribution in [0.4, 0.5) is 0 Å². The molecule has 0 aromatic rings. The fraction of sp³-hybridized carbons (Fsp3) is 0.846. The van der Waals surface area contributed by atoms with Crippen molar-refractivity contribution in [1.82, 2.24) is 4.90 Å². The summed E-state index contributed by atoms with van der Waals surface area (Å²) in [5.74, 6) is -0.874.